The Bertz CT molecular complexity index is 818. The van der Waals surface area contributed by atoms with Gasteiger partial charge in [0, 0.05) is 16.2 Å². The molecule has 0 aliphatic rings. The lowest BCUT2D eigenvalue weighted by Gasteiger charge is -2.24. The van der Waals surface area contributed by atoms with Gasteiger partial charge in [0.15, 0.2) is 0 Å². The van der Waals surface area contributed by atoms with Crippen LogP contribution in [-0.2, 0) is 9.53 Å². The van der Waals surface area contributed by atoms with Crippen LogP contribution in [0.15, 0.2) is 65.2 Å². The Kier molecular flexibility index (Phi) is 8.07. The lowest BCUT2D eigenvalue weighted by molar-refractivity contribution is -0.131. The number of phenols is 1. The highest BCUT2D eigenvalue weighted by Crippen LogP contribution is 2.31. The number of hydrogen-bond acceptors (Lipinski definition) is 4. The first-order chi connectivity index (χ1) is 13.3. The Labute approximate surface area is 172 Å². The number of amides is 1. The summed E-state index contributed by atoms with van der Waals surface area (Å²) in [7, 11) is 0. The zero-order valence-electron chi connectivity index (χ0n) is 15.3. The van der Waals surface area contributed by atoms with E-state index in [0.717, 1.165) is 16.1 Å². The summed E-state index contributed by atoms with van der Waals surface area (Å²) in [5.41, 5.74) is 1.35. The Morgan fingerprint density at radius 1 is 1.14 bits per heavy atom. The lowest BCUT2D eigenvalue weighted by atomic mass is 9.93. The maximum absolute atomic E-state index is 12.4. The van der Waals surface area contributed by atoms with Crippen LogP contribution in [0.1, 0.15) is 31.4 Å². The van der Waals surface area contributed by atoms with E-state index in [1.165, 1.54) is 12.1 Å². The Morgan fingerprint density at radius 2 is 1.79 bits per heavy atom. The van der Waals surface area contributed by atoms with E-state index in [1.54, 1.807) is 30.3 Å². The maximum atomic E-state index is 12.4. The van der Waals surface area contributed by atoms with E-state index in [1.807, 2.05) is 19.1 Å². The largest absolute Gasteiger partial charge is 0.508 e. The third-order valence-electron chi connectivity index (χ3n) is 4.11. The molecular formula is C21H22BrNO5. The fourth-order valence-corrected chi connectivity index (χ4v) is 2.93. The fraction of sp³-hybridized carbons (Fsp3) is 0.238. The molecule has 2 aromatic carbocycles. The minimum absolute atomic E-state index is 0.0707. The van der Waals surface area contributed by atoms with Crippen molar-refractivity contribution in [3.05, 3.63) is 70.7 Å². The van der Waals surface area contributed by atoms with Crippen molar-refractivity contribution in [3.8, 4) is 5.75 Å². The van der Waals surface area contributed by atoms with E-state index in [-0.39, 0.29) is 11.7 Å². The molecular weight excluding hydrogens is 426 g/mol. The first-order valence-corrected chi connectivity index (χ1v) is 9.56. The molecule has 7 heteroatoms. The zero-order chi connectivity index (χ0) is 20.5. The van der Waals surface area contributed by atoms with Crippen molar-refractivity contribution >= 4 is 33.7 Å². The quantitative estimate of drug-likeness (QED) is 0.464. The van der Waals surface area contributed by atoms with E-state index in [2.05, 4.69) is 21.2 Å². The summed E-state index contributed by atoms with van der Waals surface area (Å²) >= 11 is 3.34. The van der Waals surface area contributed by atoms with Crippen molar-refractivity contribution in [2.75, 3.05) is 5.32 Å². The highest BCUT2D eigenvalue weighted by atomic mass is 79.9. The van der Waals surface area contributed by atoms with Crippen molar-refractivity contribution in [2.45, 2.75) is 25.9 Å². The zero-order valence-corrected chi connectivity index (χ0v) is 16.9. The van der Waals surface area contributed by atoms with Gasteiger partial charge in [-0.2, -0.15) is 0 Å². The number of ether oxygens (including phenoxy) is 1. The third kappa shape index (κ3) is 7.08. The van der Waals surface area contributed by atoms with E-state index < -0.39 is 18.2 Å². The van der Waals surface area contributed by atoms with Gasteiger partial charge in [0.2, 0.25) is 0 Å². The second-order valence-corrected chi connectivity index (χ2v) is 7.26. The van der Waals surface area contributed by atoms with Gasteiger partial charge < -0.3 is 14.9 Å². The Morgan fingerprint density at radius 3 is 2.39 bits per heavy atom. The first kappa shape index (κ1) is 21.5. The van der Waals surface area contributed by atoms with Gasteiger partial charge in [0.1, 0.15) is 11.9 Å². The summed E-state index contributed by atoms with van der Waals surface area (Å²) in [5.74, 6) is -0.939. The lowest BCUT2D eigenvalue weighted by Crippen LogP contribution is -2.22. The molecule has 2 rings (SSSR count). The van der Waals surface area contributed by atoms with Crippen LogP contribution in [0, 0.1) is 5.92 Å². The van der Waals surface area contributed by atoms with Crippen molar-refractivity contribution in [1.82, 2.24) is 0 Å². The van der Waals surface area contributed by atoms with E-state index in [0.29, 0.717) is 18.5 Å². The van der Waals surface area contributed by atoms with E-state index >= 15 is 0 Å². The van der Waals surface area contributed by atoms with Gasteiger partial charge in [0.05, 0.1) is 0 Å². The molecule has 1 amide bonds. The average Bonchev–Trinajstić information content (AvgIpc) is 2.66. The minimum atomic E-state index is -0.993. The number of hydrogen-bond donors (Lipinski definition) is 3. The Balaban J connectivity index is 2.08. The van der Waals surface area contributed by atoms with Gasteiger partial charge in [-0.3, -0.25) is 5.32 Å². The number of nitrogens with one attached hydrogen (secondary N) is 1. The van der Waals surface area contributed by atoms with Crippen molar-refractivity contribution in [2.24, 2.45) is 5.92 Å². The van der Waals surface area contributed by atoms with Crippen molar-refractivity contribution in [1.29, 1.82) is 0 Å². The summed E-state index contributed by atoms with van der Waals surface area (Å²) in [6.45, 7) is 1.93. The summed E-state index contributed by atoms with van der Waals surface area (Å²) in [4.78, 5) is 23.0. The maximum Gasteiger partial charge on any atom is 0.412 e. The summed E-state index contributed by atoms with van der Waals surface area (Å²) in [6.07, 6.45) is 2.71. The molecule has 0 spiro atoms. The van der Waals surface area contributed by atoms with Crippen LogP contribution in [0.3, 0.4) is 0 Å². The standard InChI is InChI=1S/C21H22BrNO5/c1-14(4-2-3-5-19(25)26)20(15-6-12-18(24)13-7-15)28-21(27)23-17-10-8-16(22)9-11-17/h3,5-14,20,24H,2,4H2,1H3,(H,23,27)(H,25,26)/b5-3+/t14-,20-/m0/s1. The molecule has 0 bridgehead atoms. The smallest absolute Gasteiger partial charge is 0.412 e. The fourth-order valence-electron chi connectivity index (χ4n) is 2.67. The monoisotopic (exact) mass is 447 g/mol. The number of carboxylic acids is 1. The molecule has 0 saturated carbocycles. The molecule has 0 aromatic heterocycles. The number of rotatable bonds is 8. The van der Waals surface area contributed by atoms with Crippen LogP contribution in [0.2, 0.25) is 0 Å². The average molecular weight is 448 g/mol. The molecule has 0 aliphatic heterocycles. The SMILES string of the molecule is C[C@@H](CC/C=C/C(=O)O)[C@H](OC(=O)Nc1ccc(Br)cc1)c1ccc(O)cc1. The second kappa shape index (κ2) is 10.5. The van der Waals surface area contributed by atoms with Crippen LogP contribution in [-0.4, -0.2) is 22.3 Å². The first-order valence-electron chi connectivity index (χ1n) is 8.76. The van der Waals surface area contributed by atoms with Gasteiger partial charge in [-0.1, -0.05) is 41.1 Å². The molecule has 0 fully saturated rings. The highest BCUT2D eigenvalue weighted by Gasteiger charge is 2.23. The van der Waals surface area contributed by atoms with E-state index in [4.69, 9.17) is 9.84 Å². The third-order valence-corrected chi connectivity index (χ3v) is 4.64. The summed E-state index contributed by atoms with van der Waals surface area (Å²) in [6, 6.07) is 13.6. The molecule has 0 heterocycles. The second-order valence-electron chi connectivity index (χ2n) is 6.34. The van der Waals surface area contributed by atoms with Crippen LogP contribution < -0.4 is 5.32 Å². The number of carbonyl (C=O) groups excluding carboxylic acids is 1. The predicted octanol–water partition coefficient (Wildman–Crippen LogP) is 5.50. The van der Waals surface area contributed by atoms with Crippen molar-refractivity contribution < 1.29 is 24.5 Å². The predicted molar refractivity (Wildman–Crippen MR) is 110 cm³/mol. The number of carboxylic acid groups (broad SMARTS) is 1. The van der Waals surface area contributed by atoms with Gasteiger partial charge in [-0.15, -0.1) is 0 Å². The number of carbonyl (C=O) groups is 2. The topological polar surface area (TPSA) is 95.9 Å². The summed E-state index contributed by atoms with van der Waals surface area (Å²) < 4.78 is 6.57. The molecule has 28 heavy (non-hydrogen) atoms. The van der Waals surface area contributed by atoms with Gasteiger partial charge in [-0.25, -0.2) is 9.59 Å². The number of benzene rings is 2. The molecule has 0 unspecified atom stereocenters. The normalized spacial score (nSPS) is 13.1. The van der Waals surface area contributed by atoms with Crippen LogP contribution in [0.25, 0.3) is 0 Å². The minimum Gasteiger partial charge on any atom is -0.508 e. The number of aromatic hydroxyl groups is 1. The molecule has 6 nitrogen and oxygen atoms in total. The van der Waals surface area contributed by atoms with Crippen LogP contribution in [0.5, 0.6) is 5.75 Å². The molecule has 0 radical (unpaired) electrons. The van der Waals surface area contributed by atoms with E-state index in [9.17, 15) is 14.7 Å². The highest BCUT2D eigenvalue weighted by molar-refractivity contribution is 9.10. The molecule has 3 N–H and O–H groups in total. The van der Waals surface area contributed by atoms with Gasteiger partial charge in [-0.05, 0) is 60.7 Å². The molecule has 2 atom stereocenters. The molecule has 0 aliphatic carbocycles. The molecule has 2 aromatic rings. The van der Waals surface area contributed by atoms with Crippen molar-refractivity contribution in [3.63, 3.8) is 0 Å². The number of phenolic OH excluding ortho intramolecular Hbond substituents is 1. The summed E-state index contributed by atoms with van der Waals surface area (Å²) in [5, 5.41) is 20.9. The number of halogens is 1. The van der Waals surface area contributed by atoms with Gasteiger partial charge in [0.25, 0.3) is 0 Å². The van der Waals surface area contributed by atoms with Crippen LogP contribution >= 0.6 is 15.9 Å². The number of allylic oxidation sites excluding steroid dienone is 1. The Hall–Kier alpha value is -2.80. The number of aliphatic carboxylic acids is 1. The van der Waals surface area contributed by atoms with Gasteiger partial charge >= 0.3 is 12.1 Å². The van der Waals surface area contributed by atoms with Crippen LogP contribution in [0.4, 0.5) is 10.5 Å². The molecule has 148 valence electrons. The molecule has 0 saturated heterocycles. The number of anilines is 1.